The minimum absolute atomic E-state index is 0.0824. The van der Waals surface area contributed by atoms with Crippen LogP contribution in [0.15, 0.2) is 53.6 Å². The highest BCUT2D eigenvalue weighted by Crippen LogP contribution is 2.28. The van der Waals surface area contributed by atoms with E-state index in [0.29, 0.717) is 28.0 Å². The van der Waals surface area contributed by atoms with E-state index in [2.05, 4.69) is 4.98 Å². The lowest BCUT2D eigenvalue weighted by Crippen LogP contribution is -2.22. The molecule has 0 aliphatic rings. The number of para-hydroxylation sites is 1. The minimum Gasteiger partial charge on any atom is -0.493 e. The summed E-state index contributed by atoms with van der Waals surface area (Å²) >= 11 is 0. The number of aryl methyl sites for hydroxylation is 1. The number of rotatable bonds is 6. The first-order valence-electron chi connectivity index (χ1n) is 7.83. The molecule has 0 aliphatic carbocycles. The van der Waals surface area contributed by atoms with Gasteiger partial charge >= 0.3 is 0 Å². The van der Waals surface area contributed by atoms with Crippen molar-refractivity contribution in [2.24, 2.45) is 0 Å². The summed E-state index contributed by atoms with van der Waals surface area (Å²) in [5.74, 6) is 0.980. The largest absolute Gasteiger partial charge is 0.493 e. The van der Waals surface area contributed by atoms with Gasteiger partial charge in [0.1, 0.15) is 0 Å². The molecule has 0 spiro atoms. The minimum atomic E-state index is -0.147. The van der Waals surface area contributed by atoms with Gasteiger partial charge in [-0.1, -0.05) is 12.1 Å². The molecule has 1 heterocycles. The van der Waals surface area contributed by atoms with E-state index < -0.39 is 0 Å². The zero-order valence-electron chi connectivity index (χ0n) is 14.1. The first-order valence-corrected chi connectivity index (χ1v) is 7.83. The van der Waals surface area contributed by atoms with Crippen LogP contribution in [0.5, 0.6) is 11.5 Å². The average Bonchev–Trinajstić information content (AvgIpc) is 2.66. The molecular weight excluding hydrogens is 320 g/mol. The highest BCUT2D eigenvalue weighted by atomic mass is 16.5. The summed E-state index contributed by atoms with van der Waals surface area (Å²) < 4.78 is 11.8. The van der Waals surface area contributed by atoms with Crippen molar-refractivity contribution in [3.8, 4) is 11.5 Å². The third-order valence-corrected chi connectivity index (χ3v) is 4.02. The lowest BCUT2D eigenvalue weighted by atomic mass is 10.1. The van der Waals surface area contributed by atoms with Gasteiger partial charge in [-0.15, -0.1) is 0 Å². The highest BCUT2D eigenvalue weighted by molar-refractivity contribution is 5.96. The van der Waals surface area contributed by atoms with E-state index in [1.807, 2.05) is 6.07 Å². The standard InChI is InChI=1S/C19H18N2O4/c1-24-17-8-7-13(11-18(17)25-2)16(22)9-10-21-12-20-15-6-4-3-5-14(15)19(21)23/h3-8,11-12H,9-10H2,1-2H3. The summed E-state index contributed by atoms with van der Waals surface area (Å²) in [5.41, 5.74) is 1.01. The predicted molar refractivity (Wildman–Crippen MR) is 94.5 cm³/mol. The van der Waals surface area contributed by atoms with Crippen LogP contribution in [0.4, 0.5) is 0 Å². The van der Waals surface area contributed by atoms with Gasteiger partial charge in [0.05, 0.1) is 31.4 Å². The zero-order chi connectivity index (χ0) is 17.8. The Morgan fingerprint density at radius 3 is 2.60 bits per heavy atom. The summed E-state index contributed by atoms with van der Waals surface area (Å²) in [6.07, 6.45) is 1.67. The fraction of sp³-hybridized carbons (Fsp3) is 0.211. The van der Waals surface area contributed by atoms with Gasteiger partial charge in [0.25, 0.3) is 5.56 Å². The van der Waals surface area contributed by atoms with Crippen molar-refractivity contribution in [1.82, 2.24) is 9.55 Å². The summed E-state index contributed by atoms with van der Waals surface area (Å²) in [4.78, 5) is 29.1. The number of benzene rings is 2. The topological polar surface area (TPSA) is 70.4 Å². The number of nitrogens with zero attached hydrogens (tertiary/aromatic N) is 2. The van der Waals surface area contributed by atoms with E-state index >= 15 is 0 Å². The number of carbonyl (C=O) groups is 1. The Kier molecular flexibility index (Phi) is 4.79. The number of aromatic nitrogens is 2. The van der Waals surface area contributed by atoms with Crippen molar-refractivity contribution in [1.29, 1.82) is 0 Å². The van der Waals surface area contributed by atoms with Crippen LogP contribution in [0.3, 0.4) is 0 Å². The molecule has 25 heavy (non-hydrogen) atoms. The number of fused-ring (bicyclic) bond motifs is 1. The van der Waals surface area contributed by atoms with Crippen LogP contribution in [0, 0.1) is 0 Å². The molecule has 0 unspecified atom stereocenters. The van der Waals surface area contributed by atoms with Crippen molar-refractivity contribution in [3.05, 3.63) is 64.7 Å². The van der Waals surface area contributed by atoms with Crippen LogP contribution in [0.2, 0.25) is 0 Å². The van der Waals surface area contributed by atoms with Crippen molar-refractivity contribution in [3.63, 3.8) is 0 Å². The molecule has 0 amide bonds. The SMILES string of the molecule is COc1ccc(C(=O)CCn2cnc3ccccc3c2=O)cc1OC. The Morgan fingerprint density at radius 1 is 1.08 bits per heavy atom. The van der Waals surface area contributed by atoms with Gasteiger partial charge in [-0.2, -0.15) is 0 Å². The second-order valence-electron chi connectivity index (χ2n) is 5.50. The number of carbonyl (C=O) groups excluding carboxylic acids is 1. The maximum Gasteiger partial charge on any atom is 0.261 e. The first kappa shape index (κ1) is 16.7. The first-order chi connectivity index (χ1) is 12.1. The number of methoxy groups -OCH3 is 2. The molecule has 0 aliphatic heterocycles. The lowest BCUT2D eigenvalue weighted by Gasteiger charge is -2.10. The Labute approximate surface area is 144 Å². The summed E-state index contributed by atoms with van der Waals surface area (Å²) in [6, 6.07) is 12.2. The summed E-state index contributed by atoms with van der Waals surface area (Å²) in [5, 5.41) is 0.545. The molecular formula is C19H18N2O4. The van der Waals surface area contributed by atoms with Crippen LogP contribution in [0.25, 0.3) is 10.9 Å². The average molecular weight is 338 g/mol. The second-order valence-corrected chi connectivity index (χ2v) is 5.50. The van der Waals surface area contributed by atoms with Crippen molar-refractivity contribution in [2.75, 3.05) is 14.2 Å². The fourth-order valence-electron chi connectivity index (χ4n) is 2.64. The Bertz CT molecular complexity index is 979. The molecule has 0 saturated heterocycles. The lowest BCUT2D eigenvalue weighted by molar-refractivity contribution is 0.0976. The van der Waals surface area contributed by atoms with Gasteiger partial charge in [-0.3, -0.25) is 14.2 Å². The van der Waals surface area contributed by atoms with Crippen LogP contribution >= 0.6 is 0 Å². The second kappa shape index (κ2) is 7.17. The molecule has 3 rings (SSSR count). The number of hydrogen-bond donors (Lipinski definition) is 0. The molecule has 6 nitrogen and oxygen atoms in total. The Balaban J connectivity index is 1.79. The fourth-order valence-corrected chi connectivity index (χ4v) is 2.64. The normalized spacial score (nSPS) is 10.6. The van der Waals surface area contributed by atoms with E-state index in [-0.39, 0.29) is 24.3 Å². The van der Waals surface area contributed by atoms with Gasteiger partial charge in [0.2, 0.25) is 0 Å². The molecule has 1 aromatic heterocycles. The number of ether oxygens (including phenoxy) is 2. The summed E-state index contributed by atoms with van der Waals surface area (Å²) in [6.45, 7) is 0.268. The van der Waals surface area contributed by atoms with E-state index in [0.717, 1.165) is 0 Å². The van der Waals surface area contributed by atoms with Crippen LogP contribution in [-0.2, 0) is 6.54 Å². The van der Waals surface area contributed by atoms with Crippen molar-refractivity contribution in [2.45, 2.75) is 13.0 Å². The molecule has 2 aromatic carbocycles. The molecule has 128 valence electrons. The maximum absolute atomic E-state index is 12.4. The maximum atomic E-state index is 12.4. The van der Waals surface area contributed by atoms with E-state index in [1.54, 1.807) is 43.5 Å². The Morgan fingerprint density at radius 2 is 1.84 bits per heavy atom. The van der Waals surface area contributed by atoms with Crippen LogP contribution < -0.4 is 15.0 Å². The van der Waals surface area contributed by atoms with Gasteiger partial charge in [-0.25, -0.2) is 4.98 Å². The number of Topliss-reactive ketones (excluding diaryl/α,β-unsaturated/α-hetero) is 1. The van der Waals surface area contributed by atoms with Gasteiger partial charge in [0, 0.05) is 18.5 Å². The predicted octanol–water partition coefficient (Wildman–Crippen LogP) is 2.69. The molecule has 0 fully saturated rings. The molecule has 3 aromatic rings. The monoisotopic (exact) mass is 338 g/mol. The van der Waals surface area contributed by atoms with Crippen molar-refractivity contribution < 1.29 is 14.3 Å². The number of hydrogen-bond acceptors (Lipinski definition) is 5. The molecule has 0 bridgehead atoms. The Hall–Kier alpha value is -3.15. The van der Waals surface area contributed by atoms with Gasteiger partial charge in [0.15, 0.2) is 17.3 Å². The van der Waals surface area contributed by atoms with E-state index in [9.17, 15) is 9.59 Å². The molecule has 0 atom stereocenters. The highest BCUT2D eigenvalue weighted by Gasteiger charge is 2.12. The van der Waals surface area contributed by atoms with Gasteiger partial charge < -0.3 is 9.47 Å². The molecule has 0 saturated carbocycles. The third-order valence-electron chi connectivity index (χ3n) is 4.02. The molecule has 6 heteroatoms. The van der Waals surface area contributed by atoms with E-state index in [1.165, 1.54) is 18.0 Å². The van der Waals surface area contributed by atoms with Crippen molar-refractivity contribution >= 4 is 16.7 Å². The molecule has 0 radical (unpaired) electrons. The zero-order valence-corrected chi connectivity index (χ0v) is 14.1. The summed E-state index contributed by atoms with van der Waals surface area (Å²) in [7, 11) is 3.06. The van der Waals surface area contributed by atoms with Gasteiger partial charge in [-0.05, 0) is 30.3 Å². The quantitative estimate of drug-likeness (QED) is 0.646. The van der Waals surface area contributed by atoms with Crippen LogP contribution in [0.1, 0.15) is 16.8 Å². The van der Waals surface area contributed by atoms with Crippen LogP contribution in [-0.4, -0.2) is 29.6 Å². The molecule has 0 N–H and O–H groups in total. The smallest absolute Gasteiger partial charge is 0.261 e. The third kappa shape index (κ3) is 3.38. The van der Waals surface area contributed by atoms with E-state index in [4.69, 9.17) is 9.47 Å². The number of ketones is 1.